The molecular formula is C17H18N4O2S. The number of hydrogen-bond donors (Lipinski definition) is 0. The lowest BCUT2D eigenvalue weighted by atomic mass is 10.2. The van der Waals surface area contributed by atoms with E-state index in [1.54, 1.807) is 19.4 Å². The molecule has 1 aromatic carbocycles. The van der Waals surface area contributed by atoms with Crippen molar-refractivity contribution in [2.24, 2.45) is 0 Å². The number of aryl methyl sites for hydroxylation is 1. The van der Waals surface area contributed by atoms with Crippen LogP contribution in [0.4, 0.5) is 5.82 Å². The summed E-state index contributed by atoms with van der Waals surface area (Å²) in [6, 6.07) is 11.5. The highest BCUT2D eigenvalue weighted by Gasteiger charge is 2.15. The van der Waals surface area contributed by atoms with Gasteiger partial charge in [-0.2, -0.15) is 4.98 Å². The summed E-state index contributed by atoms with van der Waals surface area (Å²) in [6.45, 7) is 2.44. The molecule has 24 heavy (non-hydrogen) atoms. The summed E-state index contributed by atoms with van der Waals surface area (Å²) < 4.78 is 16.7. The molecule has 124 valence electrons. The highest BCUT2D eigenvalue weighted by Crippen LogP contribution is 2.27. The van der Waals surface area contributed by atoms with Gasteiger partial charge in [0.2, 0.25) is 0 Å². The fourth-order valence-electron chi connectivity index (χ4n) is 2.41. The van der Waals surface area contributed by atoms with Crippen LogP contribution in [0.25, 0.3) is 11.5 Å². The molecule has 0 radical (unpaired) electrons. The summed E-state index contributed by atoms with van der Waals surface area (Å²) in [4.78, 5) is 11.6. The second-order valence-corrected chi connectivity index (χ2v) is 6.86. The number of benzene rings is 1. The first-order valence-corrected chi connectivity index (χ1v) is 8.99. The Morgan fingerprint density at radius 1 is 1.21 bits per heavy atom. The molecular weight excluding hydrogens is 324 g/mol. The van der Waals surface area contributed by atoms with Crippen LogP contribution in [-0.2, 0) is 17.3 Å². The van der Waals surface area contributed by atoms with Crippen molar-refractivity contribution in [1.82, 2.24) is 15.1 Å². The van der Waals surface area contributed by atoms with E-state index in [0.717, 1.165) is 21.8 Å². The van der Waals surface area contributed by atoms with Gasteiger partial charge >= 0.3 is 0 Å². The molecule has 0 aliphatic rings. The van der Waals surface area contributed by atoms with Gasteiger partial charge in [-0.05, 0) is 36.8 Å². The molecule has 3 aromatic rings. The lowest BCUT2D eigenvalue weighted by molar-refractivity contribution is 0.425. The molecule has 2 heterocycles. The van der Waals surface area contributed by atoms with Gasteiger partial charge in [0.05, 0.1) is 5.56 Å². The Morgan fingerprint density at radius 3 is 2.58 bits per heavy atom. The maximum Gasteiger partial charge on any atom is 0.261 e. The SMILES string of the molecule is Cc1noc(-c2cccnc2N(C)Cc2ccc([S@@](C)=O)cc2)n1. The summed E-state index contributed by atoms with van der Waals surface area (Å²) in [5.74, 6) is 1.81. The normalized spacial score (nSPS) is 12.1. The lowest BCUT2D eigenvalue weighted by Crippen LogP contribution is -2.18. The van der Waals surface area contributed by atoms with Crippen LogP contribution in [0.5, 0.6) is 0 Å². The van der Waals surface area contributed by atoms with Crippen molar-refractivity contribution in [2.45, 2.75) is 18.4 Å². The zero-order valence-corrected chi connectivity index (χ0v) is 14.6. The minimum atomic E-state index is -0.966. The predicted molar refractivity (Wildman–Crippen MR) is 93.1 cm³/mol. The average Bonchev–Trinajstić information content (AvgIpc) is 3.01. The summed E-state index contributed by atoms with van der Waals surface area (Å²) in [5, 5.41) is 3.84. The van der Waals surface area contributed by atoms with E-state index in [2.05, 4.69) is 15.1 Å². The second kappa shape index (κ2) is 6.92. The Bertz CT molecular complexity index is 861. The quantitative estimate of drug-likeness (QED) is 0.710. The Balaban J connectivity index is 1.85. The van der Waals surface area contributed by atoms with E-state index in [9.17, 15) is 4.21 Å². The van der Waals surface area contributed by atoms with Crippen LogP contribution in [0.15, 0.2) is 52.0 Å². The smallest absolute Gasteiger partial charge is 0.261 e. The molecule has 7 heteroatoms. The molecule has 2 aromatic heterocycles. The van der Waals surface area contributed by atoms with Crippen molar-refractivity contribution in [2.75, 3.05) is 18.2 Å². The molecule has 0 unspecified atom stereocenters. The number of nitrogens with zero attached hydrogens (tertiary/aromatic N) is 4. The van der Waals surface area contributed by atoms with E-state index in [0.29, 0.717) is 18.3 Å². The lowest BCUT2D eigenvalue weighted by Gasteiger charge is -2.20. The maximum atomic E-state index is 11.5. The Kier molecular flexibility index (Phi) is 4.71. The van der Waals surface area contributed by atoms with Gasteiger partial charge in [-0.1, -0.05) is 17.3 Å². The van der Waals surface area contributed by atoms with Crippen LogP contribution in [0.1, 0.15) is 11.4 Å². The molecule has 0 N–H and O–H groups in total. The second-order valence-electron chi connectivity index (χ2n) is 5.48. The predicted octanol–water partition coefficient (Wildman–Crippen LogP) is 2.81. The van der Waals surface area contributed by atoms with Crippen molar-refractivity contribution in [3.63, 3.8) is 0 Å². The third-order valence-corrected chi connectivity index (χ3v) is 4.52. The van der Waals surface area contributed by atoms with Gasteiger partial charge in [0.15, 0.2) is 5.82 Å². The van der Waals surface area contributed by atoms with Gasteiger partial charge in [-0.15, -0.1) is 0 Å². The minimum Gasteiger partial charge on any atom is -0.355 e. The fourth-order valence-corrected chi connectivity index (χ4v) is 2.93. The molecule has 1 atom stereocenters. The van der Waals surface area contributed by atoms with Crippen LogP contribution in [0.2, 0.25) is 0 Å². The first kappa shape index (κ1) is 16.3. The molecule has 0 fully saturated rings. The Labute approximate surface area is 143 Å². The zero-order chi connectivity index (χ0) is 17.1. The molecule has 0 aliphatic heterocycles. The molecule has 0 bridgehead atoms. The summed E-state index contributed by atoms with van der Waals surface area (Å²) in [7, 11) is 0.994. The number of anilines is 1. The number of hydrogen-bond acceptors (Lipinski definition) is 6. The third-order valence-electron chi connectivity index (χ3n) is 3.58. The summed E-state index contributed by atoms with van der Waals surface area (Å²) >= 11 is 0. The van der Waals surface area contributed by atoms with Crippen molar-refractivity contribution >= 4 is 16.6 Å². The van der Waals surface area contributed by atoms with Crippen LogP contribution < -0.4 is 4.90 Å². The zero-order valence-electron chi connectivity index (χ0n) is 13.8. The molecule has 0 saturated carbocycles. The monoisotopic (exact) mass is 342 g/mol. The van der Waals surface area contributed by atoms with Crippen LogP contribution in [-0.4, -0.2) is 32.6 Å². The molecule has 6 nitrogen and oxygen atoms in total. The molecule has 0 aliphatic carbocycles. The minimum absolute atomic E-state index is 0.458. The highest BCUT2D eigenvalue weighted by atomic mass is 32.2. The van der Waals surface area contributed by atoms with Gasteiger partial charge in [-0.3, -0.25) is 4.21 Å². The van der Waals surface area contributed by atoms with Crippen molar-refractivity contribution in [3.8, 4) is 11.5 Å². The van der Waals surface area contributed by atoms with E-state index in [-0.39, 0.29) is 0 Å². The van der Waals surface area contributed by atoms with Gasteiger partial charge in [0, 0.05) is 41.7 Å². The largest absolute Gasteiger partial charge is 0.355 e. The standard InChI is InChI=1S/C17H18N4O2S/c1-12-19-17(23-20-12)15-5-4-10-18-16(15)21(2)11-13-6-8-14(9-7-13)24(3)22/h4-10H,11H2,1-3H3/t24-/m1/s1. The van der Waals surface area contributed by atoms with Crippen molar-refractivity contribution < 1.29 is 8.73 Å². The number of aromatic nitrogens is 3. The average molecular weight is 342 g/mol. The highest BCUT2D eigenvalue weighted by molar-refractivity contribution is 7.84. The molecule has 0 spiro atoms. The fraction of sp³-hybridized carbons (Fsp3) is 0.235. The number of pyridine rings is 1. The third kappa shape index (κ3) is 3.51. The van der Waals surface area contributed by atoms with Gasteiger partial charge in [0.1, 0.15) is 5.82 Å². The summed E-state index contributed by atoms with van der Waals surface area (Å²) in [5.41, 5.74) is 1.90. The van der Waals surface area contributed by atoms with Crippen LogP contribution >= 0.6 is 0 Å². The Morgan fingerprint density at radius 2 is 1.96 bits per heavy atom. The van der Waals surface area contributed by atoms with Crippen molar-refractivity contribution in [1.29, 1.82) is 0 Å². The van der Waals surface area contributed by atoms with Gasteiger partial charge < -0.3 is 9.42 Å². The van der Waals surface area contributed by atoms with E-state index in [1.807, 2.05) is 48.3 Å². The number of rotatable bonds is 5. The first-order valence-electron chi connectivity index (χ1n) is 7.44. The van der Waals surface area contributed by atoms with E-state index >= 15 is 0 Å². The van der Waals surface area contributed by atoms with Crippen LogP contribution in [0, 0.1) is 6.92 Å². The van der Waals surface area contributed by atoms with E-state index in [4.69, 9.17) is 4.52 Å². The topological polar surface area (TPSA) is 72.1 Å². The molecule has 3 rings (SSSR count). The first-order chi connectivity index (χ1) is 11.5. The summed E-state index contributed by atoms with van der Waals surface area (Å²) in [6.07, 6.45) is 3.41. The molecule has 0 saturated heterocycles. The van der Waals surface area contributed by atoms with Crippen LogP contribution in [0.3, 0.4) is 0 Å². The maximum absolute atomic E-state index is 11.5. The van der Waals surface area contributed by atoms with Gasteiger partial charge in [0.25, 0.3) is 5.89 Å². The Hall–Kier alpha value is -2.54. The van der Waals surface area contributed by atoms with E-state index < -0.39 is 10.8 Å². The van der Waals surface area contributed by atoms with Gasteiger partial charge in [-0.25, -0.2) is 4.98 Å². The molecule has 0 amide bonds. The van der Waals surface area contributed by atoms with Crippen molar-refractivity contribution in [3.05, 3.63) is 54.0 Å². The van der Waals surface area contributed by atoms with E-state index in [1.165, 1.54) is 0 Å².